The maximum Gasteiger partial charge on any atom is 0.165 e. The van der Waals surface area contributed by atoms with Gasteiger partial charge in [0, 0.05) is 17.6 Å². The number of aliphatic hydroxyl groups excluding tert-OH is 1. The quantitative estimate of drug-likeness (QED) is 0.855. The van der Waals surface area contributed by atoms with Crippen molar-refractivity contribution in [2.24, 2.45) is 0 Å². The first-order chi connectivity index (χ1) is 8.50. The minimum absolute atomic E-state index is 0.335. The van der Waals surface area contributed by atoms with E-state index >= 15 is 0 Å². The van der Waals surface area contributed by atoms with Crippen molar-refractivity contribution in [1.82, 2.24) is 5.32 Å². The fraction of sp³-hybridized carbons (Fsp3) is 0.571. The molecule has 0 spiro atoms. The Morgan fingerprint density at radius 3 is 2.78 bits per heavy atom. The average molecular weight is 251 g/mol. The fourth-order valence-corrected chi connectivity index (χ4v) is 1.74. The lowest BCUT2D eigenvalue weighted by molar-refractivity contribution is 0.0951. The molecule has 4 heteroatoms. The molecule has 0 aliphatic carbocycles. The van der Waals surface area contributed by atoms with Gasteiger partial charge in [0.05, 0.1) is 6.10 Å². The Bertz CT molecular complexity index is 416. The fourth-order valence-electron chi connectivity index (χ4n) is 1.74. The van der Waals surface area contributed by atoms with Crippen LogP contribution in [0.1, 0.15) is 26.3 Å². The molecule has 1 aromatic rings. The maximum absolute atomic E-state index is 9.68. The van der Waals surface area contributed by atoms with Gasteiger partial charge in [-0.3, -0.25) is 0 Å². The van der Waals surface area contributed by atoms with E-state index < -0.39 is 6.10 Å². The summed E-state index contributed by atoms with van der Waals surface area (Å²) in [5.74, 6) is 1.62. The van der Waals surface area contributed by atoms with Crippen LogP contribution in [0.3, 0.4) is 0 Å². The van der Waals surface area contributed by atoms with Crippen LogP contribution in [0.25, 0.3) is 0 Å². The number of ether oxygens (including phenoxy) is 2. The number of hydrogen-bond acceptors (Lipinski definition) is 4. The topological polar surface area (TPSA) is 50.7 Å². The first kappa shape index (κ1) is 13.2. The van der Waals surface area contributed by atoms with Crippen LogP contribution in [0.5, 0.6) is 11.5 Å². The molecule has 4 nitrogen and oxygen atoms in total. The standard InChI is InChI=1S/C14H21NO3/c1-10(16)14(2,3)15-9-11-5-4-6-12-13(11)18-8-7-17-12/h4-6,10,15-16H,7-9H2,1-3H3. The Morgan fingerprint density at radius 2 is 2.06 bits per heavy atom. The lowest BCUT2D eigenvalue weighted by Crippen LogP contribution is -2.47. The Hall–Kier alpha value is -1.26. The third kappa shape index (κ3) is 2.76. The Kier molecular flexibility index (Phi) is 3.78. The molecular weight excluding hydrogens is 230 g/mol. The van der Waals surface area contributed by atoms with E-state index in [0.717, 1.165) is 17.1 Å². The van der Waals surface area contributed by atoms with Crippen LogP contribution in [0.2, 0.25) is 0 Å². The zero-order valence-electron chi connectivity index (χ0n) is 11.2. The van der Waals surface area contributed by atoms with Crippen LogP contribution in [-0.4, -0.2) is 30.0 Å². The summed E-state index contributed by atoms with van der Waals surface area (Å²) < 4.78 is 11.2. The van der Waals surface area contributed by atoms with Gasteiger partial charge in [-0.25, -0.2) is 0 Å². The van der Waals surface area contributed by atoms with Crippen LogP contribution in [-0.2, 0) is 6.54 Å². The van der Waals surface area contributed by atoms with E-state index in [-0.39, 0.29) is 5.54 Å². The highest BCUT2D eigenvalue weighted by molar-refractivity contribution is 5.47. The number of benzene rings is 1. The summed E-state index contributed by atoms with van der Waals surface area (Å²) in [6, 6.07) is 5.89. The highest BCUT2D eigenvalue weighted by Crippen LogP contribution is 2.33. The van der Waals surface area contributed by atoms with E-state index in [1.807, 2.05) is 32.0 Å². The van der Waals surface area contributed by atoms with Crippen molar-refractivity contribution in [2.75, 3.05) is 13.2 Å². The summed E-state index contributed by atoms with van der Waals surface area (Å²) in [6.45, 7) is 7.57. The highest BCUT2D eigenvalue weighted by atomic mass is 16.6. The monoisotopic (exact) mass is 251 g/mol. The second-order valence-corrected chi connectivity index (χ2v) is 5.19. The molecule has 1 aliphatic heterocycles. The van der Waals surface area contributed by atoms with Gasteiger partial charge in [0.25, 0.3) is 0 Å². The molecule has 0 aromatic heterocycles. The summed E-state index contributed by atoms with van der Waals surface area (Å²) >= 11 is 0. The first-order valence-electron chi connectivity index (χ1n) is 6.31. The van der Waals surface area contributed by atoms with Gasteiger partial charge in [-0.15, -0.1) is 0 Å². The minimum atomic E-state index is -0.422. The smallest absolute Gasteiger partial charge is 0.165 e. The third-order valence-electron chi connectivity index (χ3n) is 3.43. The van der Waals surface area contributed by atoms with Crippen LogP contribution in [0.4, 0.5) is 0 Å². The molecule has 1 atom stereocenters. The number of para-hydroxylation sites is 1. The van der Waals surface area contributed by atoms with Crippen LogP contribution < -0.4 is 14.8 Å². The van der Waals surface area contributed by atoms with Crippen LogP contribution >= 0.6 is 0 Å². The third-order valence-corrected chi connectivity index (χ3v) is 3.43. The summed E-state index contributed by atoms with van der Waals surface area (Å²) in [6.07, 6.45) is -0.422. The van der Waals surface area contributed by atoms with Gasteiger partial charge in [0.1, 0.15) is 13.2 Å². The van der Waals surface area contributed by atoms with Gasteiger partial charge < -0.3 is 19.9 Å². The minimum Gasteiger partial charge on any atom is -0.486 e. The largest absolute Gasteiger partial charge is 0.486 e. The Labute approximate surface area is 108 Å². The summed E-state index contributed by atoms with van der Waals surface area (Å²) in [7, 11) is 0. The molecule has 100 valence electrons. The summed E-state index contributed by atoms with van der Waals surface area (Å²) in [5, 5.41) is 13.0. The average Bonchev–Trinajstić information content (AvgIpc) is 2.36. The second kappa shape index (κ2) is 5.16. The van der Waals surface area contributed by atoms with E-state index in [0.29, 0.717) is 19.8 Å². The first-order valence-corrected chi connectivity index (χ1v) is 6.31. The van der Waals surface area contributed by atoms with E-state index in [4.69, 9.17) is 9.47 Å². The number of rotatable bonds is 4. The molecule has 0 fully saturated rings. The predicted octanol–water partition coefficient (Wildman–Crippen LogP) is 1.71. The zero-order valence-corrected chi connectivity index (χ0v) is 11.2. The van der Waals surface area contributed by atoms with Crippen molar-refractivity contribution in [3.05, 3.63) is 23.8 Å². The Morgan fingerprint density at radius 1 is 1.33 bits per heavy atom. The summed E-state index contributed by atoms with van der Waals surface area (Å²) in [4.78, 5) is 0. The normalized spacial score (nSPS) is 16.4. The molecule has 1 aliphatic rings. The number of aliphatic hydroxyl groups is 1. The van der Waals surface area contributed by atoms with E-state index in [1.54, 1.807) is 6.92 Å². The summed E-state index contributed by atoms with van der Waals surface area (Å²) in [5.41, 5.74) is 0.721. The molecule has 0 radical (unpaired) electrons. The van der Waals surface area contributed by atoms with Crippen molar-refractivity contribution in [2.45, 2.75) is 39.0 Å². The lowest BCUT2D eigenvalue weighted by Gasteiger charge is -2.30. The van der Waals surface area contributed by atoms with Crippen molar-refractivity contribution in [1.29, 1.82) is 0 Å². The molecule has 2 rings (SSSR count). The Balaban J connectivity index is 2.10. The van der Waals surface area contributed by atoms with Gasteiger partial charge in [-0.2, -0.15) is 0 Å². The molecule has 0 amide bonds. The van der Waals surface area contributed by atoms with Gasteiger partial charge in [-0.1, -0.05) is 12.1 Å². The lowest BCUT2D eigenvalue weighted by atomic mass is 9.98. The van der Waals surface area contributed by atoms with Crippen LogP contribution in [0.15, 0.2) is 18.2 Å². The molecular formula is C14H21NO3. The molecule has 18 heavy (non-hydrogen) atoms. The number of nitrogens with one attached hydrogen (secondary N) is 1. The SMILES string of the molecule is CC(O)C(C)(C)NCc1cccc2c1OCCO2. The highest BCUT2D eigenvalue weighted by Gasteiger charge is 2.24. The van der Waals surface area contributed by atoms with Crippen molar-refractivity contribution in [3.63, 3.8) is 0 Å². The van der Waals surface area contributed by atoms with Crippen molar-refractivity contribution >= 4 is 0 Å². The van der Waals surface area contributed by atoms with Gasteiger partial charge in [0.15, 0.2) is 11.5 Å². The van der Waals surface area contributed by atoms with Crippen LogP contribution in [0, 0.1) is 0 Å². The molecule has 1 unspecified atom stereocenters. The van der Waals surface area contributed by atoms with Gasteiger partial charge >= 0.3 is 0 Å². The zero-order chi connectivity index (χ0) is 13.2. The molecule has 2 N–H and O–H groups in total. The second-order valence-electron chi connectivity index (χ2n) is 5.19. The van der Waals surface area contributed by atoms with E-state index in [9.17, 15) is 5.11 Å². The number of fused-ring (bicyclic) bond motifs is 1. The molecule has 0 saturated carbocycles. The van der Waals surface area contributed by atoms with Crippen molar-refractivity contribution < 1.29 is 14.6 Å². The van der Waals surface area contributed by atoms with E-state index in [1.165, 1.54) is 0 Å². The molecule has 1 aromatic carbocycles. The predicted molar refractivity (Wildman–Crippen MR) is 70.0 cm³/mol. The van der Waals surface area contributed by atoms with Gasteiger partial charge in [0.2, 0.25) is 0 Å². The molecule has 0 bridgehead atoms. The number of hydrogen-bond donors (Lipinski definition) is 2. The molecule has 0 saturated heterocycles. The van der Waals surface area contributed by atoms with Crippen molar-refractivity contribution in [3.8, 4) is 11.5 Å². The van der Waals surface area contributed by atoms with E-state index in [2.05, 4.69) is 5.32 Å². The maximum atomic E-state index is 9.68. The molecule has 1 heterocycles. The van der Waals surface area contributed by atoms with Gasteiger partial charge in [-0.05, 0) is 26.8 Å².